The minimum Gasteiger partial charge on any atom is -0.379 e. The molecule has 0 radical (unpaired) electrons. The Labute approximate surface area is 149 Å². The van der Waals surface area contributed by atoms with E-state index in [-0.39, 0.29) is 5.56 Å². The van der Waals surface area contributed by atoms with Crippen LogP contribution < -0.4 is 5.32 Å². The number of hydrogen-bond donors (Lipinski definition) is 1. The number of amides is 1. The van der Waals surface area contributed by atoms with Gasteiger partial charge in [-0.25, -0.2) is 0 Å². The maximum absolute atomic E-state index is 12.6. The van der Waals surface area contributed by atoms with Crippen LogP contribution in [-0.4, -0.2) is 25.7 Å². The Hall–Kier alpha value is -2.38. The van der Waals surface area contributed by atoms with Gasteiger partial charge in [0.1, 0.15) is 0 Å². The van der Waals surface area contributed by atoms with Gasteiger partial charge in [-0.15, -0.1) is 0 Å². The number of nitrogens with one attached hydrogen (secondary N) is 1. The smallest absolute Gasteiger partial charge is 0.379 e. The molecule has 2 rings (SSSR count). The molecule has 0 aromatic heterocycles. The van der Waals surface area contributed by atoms with E-state index >= 15 is 0 Å². The van der Waals surface area contributed by atoms with Gasteiger partial charge in [-0.05, 0) is 48.9 Å². The number of rotatable bonds is 8. The van der Waals surface area contributed by atoms with Gasteiger partial charge in [-0.2, -0.15) is 13.2 Å². The maximum Gasteiger partial charge on any atom is 0.416 e. The van der Waals surface area contributed by atoms with Crippen LogP contribution in [0.2, 0.25) is 0 Å². The summed E-state index contributed by atoms with van der Waals surface area (Å²) in [5.41, 5.74) is 0.768. The average molecular weight is 367 g/mol. The highest BCUT2D eigenvalue weighted by Gasteiger charge is 2.30. The van der Waals surface area contributed by atoms with Crippen LogP contribution in [0.3, 0.4) is 0 Å². The van der Waals surface area contributed by atoms with Crippen LogP contribution in [0.5, 0.6) is 0 Å². The first-order chi connectivity index (χ1) is 12.4. The van der Waals surface area contributed by atoms with Gasteiger partial charge in [0.05, 0.1) is 25.4 Å². The van der Waals surface area contributed by atoms with Crippen molar-refractivity contribution in [3.05, 3.63) is 65.2 Å². The first-order valence-corrected chi connectivity index (χ1v) is 8.13. The largest absolute Gasteiger partial charge is 0.416 e. The van der Waals surface area contributed by atoms with Gasteiger partial charge >= 0.3 is 6.18 Å². The fraction of sp³-hybridized carbons (Fsp3) is 0.316. The predicted octanol–water partition coefficient (Wildman–Crippen LogP) is 4.51. The first kappa shape index (κ1) is 19.9. The standard InChI is InChI=1S/C19H20F3NO3/c1-2-25-10-11-26-13-14-4-3-5-17(12-14)23-18(24)15-6-8-16(9-7-15)19(20,21)22/h3-9,12H,2,10-11,13H2,1H3,(H,23,24). The van der Waals surface area contributed by atoms with E-state index in [2.05, 4.69) is 5.32 Å². The van der Waals surface area contributed by atoms with Crippen molar-refractivity contribution in [1.29, 1.82) is 0 Å². The average Bonchev–Trinajstić information content (AvgIpc) is 2.61. The molecule has 0 aliphatic rings. The predicted molar refractivity (Wildman–Crippen MR) is 92.0 cm³/mol. The Kier molecular flexibility index (Phi) is 7.17. The van der Waals surface area contributed by atoms with Crippen LogP contribution in [0.4, 0.5) is 18.9 Å². The van der Waals surface area contributed by atoms with E-state index in [1.165, 1.54) is 0 Å². The molecule has 0 saturated carbocycles. The van der Waals surface area contributed by atoms with Crippen LogP contribution in [0.15, 0.2) is 48.5 Å². The summed E-state index contributed by atoms with van der Waals surface area (Å²) in [7, 11) is 0. The summed E-state index contributed by atoms with van der Waals surface area (Å²) in [6.07, 6.45) is -4.43. The van der Waals surface area contributed by atoms with Gasteiger partial charge in [0.25, 0.3) is 5.91 Å². The van der Waals surface area contributed by atoms with Crippen LogP contribution >= 0.6 is 0 Å². The molecule has 0 spiro atoms. The van der Waals surface area contributed by atoms with E-state index in [0.717, 1.165) is 29.8 Å². The van der Waals surface area contributed by atoms with Crippen molar-refractivity contribution >= 4 is 11.6 Å². The van der Waals surface area contributed by atoms with Crippen molar-refractivity contribution in [3.8, 4) is 0 Å². The Morgan fingerprint density at radius 2 is 1.73 bits per heavy atom. The molecule has 140 valence electrons. The monoisotopic (exact) mass is 367 g/mol. The molecule has 0 fully saturated rings. The normalized spacial score (nSPS) is 11.4. The second kappa shape index (κ2) is 9.35. The molecule has 0 unspecified atom stereocenters. The second-order valence-electron chi connectivity index (χ2n) is 5.48. The zero-order chi connectivity index (χ0) is 19.0. The highest BCUT2D eigenvalue weighted by molar-refractivity contribution is 6.04. The van der Waals surface area contributed by atoms with Gasteiger partial charge in [0, 0.05) is 17.9 Å². The van der Waals surface area contributed by atoms with Gasteiger partial charge in [-0.3, -0.25) is 4.79 Å². The van der Waals surface area contributed by atoms with Crippen molar-refractivity contribution in [3.63, 3.8) is 0 Å². The molecule has 1 N–H and O–H groups in total. The first-order valence-electron chi connectivity index (χ1n) is 8.13. The number of benzene rings is 2. The summed E-state index contributed by atoms with van der Waals surface area (Å²) < 4.78 is 48.3. The molecular formula is C19H20F3NO3. The third-order valence-electron chi connectivity index (χ3n) is 3.50. The molecule has 2 aromatic rings. The lowest BCUT2D eigenvalue weighted by molar-refractivity contribution is -0.137. The van der Waals surface area contributed by atoms with Crippen molar-refractivity contribution in [1.82, 2.24) is 0 Å². The molecular weight excluding hydrogens is 347 g/mol. The number of ether oxygens (including phenoxy) is 2. The molecule has 0 atom stereocenters. The lowest BCUT2D eigenvalue weighted by atomic mass is 10.1. The van der Waals surface area contributed by atoms with Crippen molar-refractivity contribution in [2.75, 3.05) is 25.1 Å². The summed E-state index contributed by atoms with van der Waals surface area (Å²) >= 11 is 0. The molecule has 0 heterocycles. The Morgan fingerprint density at radius 1 is 1.04 bits per heavy atom. The summed E-state index contributed by atoms with van der Waals surface area (Å²) in [5, 5.41) is 2.67. The van der Waals surface area contributed by atoms with E-state index in [1.54, 1.807) is 18.2 Å². The van der Waals surface area contributed by atoms with Crippen LogP contribution in [0.25, 0.3) is 0 Å². The molecule has 0 aliphatic carbocycles. The molecule has 26 heavy (non-hydrogen) atoms. The topological polar surface area (TPSA) is 47.6 Å². The summed E-state index contributed by atoms with van der Waals surface area (Å²) in [6, 6.07) is 11.2. The highest BCUT2D eigenvalue weighted by Crippen LogP contribution is 2.29. The molecule has 0 aliphatic heterocycles. The van der Waals surface area contributed by atoms with Crippen LogP contribution in [0.1, 0.15) is 28.4 Å². The van der Waals surface area contributed by atoms with E-state index < -0.39 is 17.6 Å². The molecule has 4 nitrogen and oxygen atoms in total. The van der Waals surface area contributed by atoms with Crippen molar-refractivity contribution in [2.45, 2.75) is 19.7 Å². The van der Waals surface area contributed by atoms with Gasteiger partial charge in [-0.1, -0.05) is 12.1 Å². The van der Waals surface area contributed by atoms with E-state index in [0.29, 0.717) is 32.1 Å². The zero-order valence-electron chi connectivity index (χ0n) is 14.3. The van der Waals surface area contributed by atoms with Gasteiger partial charge in [0.2, 0.25) is 0 Å². The number of halogens is 3. The van der Waals surface area contributed by atoms with E-state index in [4.69, 9.17) is 9.47 Å². The fourth-order valence-corrected chi connectivity index (χ4v) is 2.20. The molecule has 7 heteroatoms. The summed E-state index contributed by atoms with van der Waals surface area (Å²) in [5.74, 6) is -0.479. The number of hydrogen-bond acceptors (Lipinski definition) is 3. The van der Waals surface area contributed by atoms with Crippen molar-refractivity contribution in [2.24, 2.45) is 0 Å². The minimum atomic E-state index is -4.43. The second-order valence-corrected chi connectivity index (χ2v) is 5.48. The van der Waals surface area contributed by atoms with E-state index in [1.807, 2.05) is 13.0 Å². The zero-order valence-corrected chi connectivity index (χ0v) is 14.3. The molecule has 2 aromatic carbocycles. The molecule has 0 bridgehead atoms. The fourth-order valence-electron chi connectivity index (χ4n) is 2.20. The molecule has 1 amide bonds. The number of anilines is 1. The number of carbonyl (C=O) groups is 1. The molecule has 0 saturated heterocycles. The highest BCUT2D eigenvalue weighted by atomic mass is 19.4. The van der Waals surface area contributed by atoms with E-state index in [9.17, 15) is 18.0 Å². The number of carbonyl (C=O) groups excluding carboxylic acids is 1. The van der Waals surface area contributed by atoms with Gasteiger partial charge in [0.15, 0.2) is 0 Å². The minimum absolute atomic E-state index is 0.149. The number of alkyl halides is 3. The maximum atomic E-state index is 12.6. The Morgan fingerprint density at radius 3 is 2.38 bits per heavy atom. The lowest BCUT2D eigenvalue weighted by Crippen LogP contribution is -2.13. The summed E-state index contributed by atoms with van der Waals surface area (Å²) in [4.78, 5) is 12.2. The Balaban J connectivity index is 1.93. The SMILES string of the molecule is CCOCCOCc1cccc(NC(=O)c2ccc(C(F)(F)F)cc2)c1. The quantitative estimate of drug-likeness (QED) is 0.699. The third-order valence-corrected chi connectivity index (χ3v) is 3.50. The third kappa shape index (κ3) is 6.16. The lowest BCUT2D eigenvalue weighted by Gasteiger charge is -2.10. The summed E-state index contributed by atoms with van der Waals surface area (Å²) in [6.45, 7) is 3.89. The van der Waals surface area contributed by atoms with Crippen LogP contribution in [0, 0.1) is 0 Å². The van der Waals surface area contributed by atoms with Crippen molar-refractivity contribution < 1.29 is 27.4 Å². The Bertz CT molecular complexity index is 715. The van der Waals surface area contributed by atoms with Crippen LogP contribution in [-0.2, 0) is 22.3 Å². The van der Waals surface area contributed by atoms with Gasteiger partial charge < -0.3 is 14.8 Å².